The molecule has 4 aromatic heterocycles. The molecule has 2 N–H and O–H groups in total. The zero-order valence-corrected chi connectivity index (χ0v) is 17.2. The summed E-state index contributed by atoms with van der Waals surface area (Å²) in [5.74, 6) is 0.750. The van der Waals surface area contributed by atoms with Crippen LogP contribution in [-0.4, -0.2) is 63.4 Å². The molecule has 1 aliphatic heterocycles. The number of carbonyl (C=O) groups excluding carboxylic acids is 1. The van der Waals surface area contributed by atoms with E-state index in [1.54, 1.807) is 29.9 Å². The molecule has 0 bridgehead atoms. The van der Waals surface area contributed by atoms with E-state index in [4.69, 9.17) is 0 Å². The van der Waals surface area contributed by atoms with Gasteiger partial charge >= 0.3 is 5.69 Å². The lowest BCUT2D eigenvalue weighted by Crippen LogP contribution is -2.46. The average Bonchev–Trinajstić information content (AvgIpc) is 3.30. The van der Waals surface area contributed by atoms with Gasteiger partial charge in [0.1, 0.15) is 11.3 Å². The molecule has 5 rings (SSSR count). The minimum atomic E-state index is -0.157. The maximum atomic E-state index is 12.2. The first-order chi connectivity index (χ1) is 15.1. The molecule has 0 unspecified atom stereocenters. The second-order valence-electron chi connectivity index (χ2n) is 7.68. The summed E-state index contributed by atoms with van der Waals surface area (Å²) < 4.78 is 1.57. The first-order valence-electron chi connectivity index (χ1n) is 10.3. The van der Waals surface area contributed by atoms with Crippen molar-refractivity contribution in [1.82, 2.24) is 29.6 Å². The van der Waals surface area contributed by atoms with Gasteiger partial charge in [-0.2, -0.15) is 0 Å². The summed E-state index contributed by atoms with van der Waals surface area (Å²) in [5, 5.41) is 2.61. The van der Waals surface area contributed by atoms with Crippen molar-refractivity contribution in [3.63, 3.8) is 0 Å². The number of pyridine rings is 2. The summed E-state index contributed by atoms with van der Waals surface area (Å²) in [6, 6.07) is 9.46. The van der Waals surface area contributed by atoms with Crippen molar-refractivity contribution < 1.29 is 4.79 Å². The van der Waals surface area contributed by atoms with E-state index in [0.29, 0.717) is 5.56 Å². The normalized spacial score (nSPS) is 14.9. The lowest BCUT2D eigenvalue weighted by atomic mass is 10.2. The molecule has 0 spiro atoms. The minimum Gasteiger partial charge on any atom is -0.355 e. The Balaban J connectivity index is 1.26. The standard InChI is InChI=1S/C22H23N7O2/c1-23-21(30)16-4-5-19(24-13-16)28-9-7-27(8-10-28)14-15-11-17-20(25-12-15)18-3-2-6-29(18)22(31)26-17/h2-6,11-13H,7-10,14H2,1H3,(H,23,30)(H,26,31). The number of nitrogens with zero attached hydrogens (tertiary/aromatic N) is 5. The van der Waals surface area contributed by atoms with E-state index in [1.165, 1.54) is 0 Å². The van der Waals surface area contributed by atoms with Crippen molar-refractivity contribution >= 4 is 28.3 Å². The van der Waals surface area contributed by atoms with Gasteiger partial charge in [-0.1, -0.05) is 0 Å². The highest BCUT2D eigenvalue weighted by Gasteiger charge is 2.19. The van der Waals surface area contributed by atoms with E-state index in [0.717, 1.165) is 60.7 Å². The third-order valence-electron chi connectivity index (χ3n) is 5.74. The molecule has 0 aliphatic carbocycles. The molecule has 1 aliphatic rings. The highest BCUT2D eigenvalue weighted by atomic mass is 16.1. The third kappa shape index (κ3) is 3.64. The highest BCUT2D eigenvalue weighted by Crippen LogP contribution is 2.18. The number of aromatic amines is 1. The minimum absolute atomic E-state index is 0.132. The van der Waals surface area contributed by atoms with Crippen LogP contribution < -0.4 is 15.9 Å². The second kappa shape index (κ2) is 7.84. The van der Waals surface area contributed by atoms with Gasteiger partial charge in [0.25, 0.3) is 5.91 Å². The lowest BCUT2D eigenvalue weighted by molar-refractivity contribution is 0.0962. The summed E-state index contributed by atoms with van der Waals surface area (Å²) >= 11 is 0. The van der Waals surface area contributed by atoms with Crippen molar-refractivity contribution in [2.75, 3.05) is 38.1 Å². The van der Waals surface area contributed by atoms with Crippen LogP contribution >= 0.6 is 0 Å². The smallest absolute Gasteiger partial charge is 0.330 e. The molecular weight excluding hydrogens is 394 g/mol. The van der Waals surface area contributed by atoms with Gasteiger partial charge in [-0.3, -0.25) is 19.1 Å². The Morgan fingerprint density at radius 3 is 2.71 bits per heavy atom. The maximum Gasteiger partial charge on any atom is 0.330 e. The number of fused-ring (bicyclic) bond motifs is 3. The Morgan fingerprint density at radius 2 is 1.97 bits per heavy atom. The number of piperazine rings is 1. The number of amides is 1. The van der Waals surface area contributed by atoms with Gasteiger partial charge in [0.2, 0.25) is 0 Å². The third-order valence-corrected chi connectivity index (χ3v) is 5.74. The molecule has 0 aromatic carbocycles. The summed E-state index contributed by atoms with van der Waals surface area (Å²) in [6.07, 6.45) is 5.24. The van der Waals surface area contributed by atoms with Crippen LogP contribution in [0.2, 0.25) is 0 Å². The highest BCUT2D eigenvalue weighted by molar-refractivity contribution is 5.93. The number of hydrogen-bond acceptors (Lipinski definition) is 6. The van der Waals surface area contributed by atoms with Gasteiger partial charge in [-0.15, -0.1) is 0 Å². The predicted octanol–water partition coefficient (Wildman–Crippen LogP) is 1.25. The van der Waals surface area contributed by atoms with E-state index in [9.17, 15) is 9.59 Å². The first kappa shape index (κ1) is 19.3. The molecule has 1 fully saturated rings. The number of rotatable bonds is 4. The number of anilines is 1. The Bertz CT molecular complexity index is 1300. The van der Waals surface area contributed by atoms with Crippen LogP contribution in [0.15, 0.2) is 53.7 Å². The SMILES string of the molecule is CNC(=O)c1ccc(N2CCN(Cc3cnc4c(c3)[nH]c(=O)n3cccc43)CC2)nc1. The number of hydrogen-bond donors (Lipinski definition) is 2. The fraction of sp³-hybridized carbons (Fsp3) is 0.273. The topological polar surface area (TPSA) is 98.6 Å². The molecule has 31 heavy (non-hydrogen) atoms. The van der Waals surface area contributed by atoms with Crippen LogP contribution in [0.1, 0.15) is 15.9 Å². The van der Waals surface area contributed by atoms with E-state index in [1.807, 2.05) is 30.5 Å². The van der Waals surface area contributed by atoms with Gasteiger partial charge in [0.05, 0.1) is 16.6 Å². The molecule has 1 saturated heterocycles. The molecule has 0 saturated carbocycles. The number of nitrogens with one attached hydrogen (secondary N) is 2. The Labute approximate surface area is 178 Å². The summed E-state index contributed by atoms with van der Waals surface area (Å²) in [7, 11) is 1.61. The molecule has 9 heteroatoms. The second-order valence-corrected chi connectivity index (χ2v) is 7.68. The van der Waals surface area contributed by atoms with E-state index in [2.05, 4.69) is 30.1 Å². The Hall–Kier alpha value is -3.72. The van der Waals surface area contributed by atoms with Gasteiger partial charge in [0.15, 0.2) is 0 Å². The van der Waals surface area contributed by atoms with Crippen molar-refractivity contribution in [2.24, 2.45) is 0 Å². The van der Waals surface area contributed by atoms with E-state index in [-0.39, 0.29) is 11.6 Å². The Morgan fingerprint density at radius 1 is 1.13 bits per heavy atom. The van der Waals surface area contributed by atoms with Crippen LogP contribution in [0, 0.1) is 0 Å². The van der Waals surface area contributed by atoms with E-state index < -0.39 is 0 Å². The predicted molar refractivity (Wildman–Crippen MR) is 118 cm³/mol. The van der Waals surface area contributed by atoms with Gasteiger partial charge < -0.3 is 15.2 Å². The van der Waals surface area contributed by atoms with Crippen LogP contribution in [-0.2, 0) is 6.54 Å². The van der Waals surface area contributed by atoms with Crippen molar-refractivity contribution in [1.29, 1.82) is 0 Å². The first-order valence-corrected chi connectivity index (χ1v) is 10.3. The zero-order chi connectivity index (χ0) is 21.4. The zero-order valence-electron chi connectivity index (χ0n) is 17.2. The molecule has 1 amide bonds. The maximum absolute atomic E-state index is 12.2. The average molecular weight is 417 g/mol. The van der Waals surface area contributed by atoms with E-state index >= 15 is 0 Å². The van der Waals surface area contributed by atoms with Crippen LogP contribution in [0.25, 0.3) is 16.6 Å². The molecule has 0 radical (unpaired) electrons. The van der Waals surface area contributed by atoms with Crippen LogP contribution in [0.5, 0.6) is 0 Å². The molecule has 0 atom stereocenters. The largest absolute Gasteiger partial charge is 0.355 e. The molecule has 5 heterocycles. The van der Waals surface area contributed by atoms with Crippen molar-refractivity contribution in [3.05, 3.63) is 70.5 Å². The fourth-order valence-corrected chi connectivity index (χ4v) is 4.07. The van der Waals surface area contributed by atoms with Crippen molar-refractivity contribution in [3.8, 4) is 0 Å². The summed E-state index contributed by atoms with van der Waals surface area (Å²) in [5.41, 5.74) is 3.84. The number of H-pyrrole nitrogens is 1. The lowest BCUT2D eigenvalue weighted by Gasteiger charge is -2.35. The van der Waals surface area contributed by atoms with Crippen LogP contribution in [0.4, 0.5) is 5.82 Å². The van der Waals surface area contributed by atoms with Gasteiger partial charge in [-0.25, -0.2) is 9.78 Å². The number of carbonyl (C=O) groups is 1. The van der Waals surface area contributed by atoms with Gasteiger partial charge in [0, 0.05) is 58.4 Å². The molecule has 4 aromatic rings. The quantitative estimate of drug-likeness (QED) is 0.519. The summed E-state index contributed by atoms with van der Waals surface area (Å²) in [6.45, 7) is 4.27. The molecular formula is C22H23N7O2. The molecule has 9 nitrogen and oxygen atoms in total. The molecule has 158 valence electrons. The fourth-order valence-electron chi connectivity index (χ4n) is 4.07. The van der Waals surface area contributed by atoms with Crippen molar-refractivity contribution in [2.45, 2.75) is 6.54 Å². The van der Waals surface area contributed by atoms with Crippen LogP contribution in [0.3, 0.4) is 0 Å². The Kier molecular flexibility index (Phi) is 4.87. The monoisotopic (exact) mass is 417 g/mol. The summed E-state index contributed by atoms with van der Waals surface area (Å²) in [4.78, 5) is 40.5. The van der Waals surface area contributed by atoms with Gasteiger partial charge in [-0.05, 0) is 35.9 Å². The number of aromatic nitrogens is 4.